The zero-order valence-corrected chi connectivity index (χ0v) is 7.79. The van der Waals surface area contributed by atoms with E-state index in [1.54, 1.807) is 0 Å². The fourth-order valence-electron chi connectivity index (χ4n) is 1.55. The number of hydrogen-bond donors (Lipinski definition) is 1. The molecule has 1 aliphatic carbocycles. The van der Waals surface area contributed by atoms with E-state index in [1.807, 2.05) is 0 Å². The van der Waals surface area contributed by atoms with Gasteiger partial charge in [-0.25, -0.2) is 4.98 Å². The molecule has 0 radical (unpaired) electrons. The van der Waals surface area contributed by atoms with E-state index in [4.69, 9.17) is 11.3 Å². The molecule has 1 aliphatic rings. The molecule has 0 amide bonds. The predicted molar refractivity (Wildman–Crippen MR) is 51.5 cm³/mol. The molecule has 6 heteroatoms. The summed E-state index contributed by atoms with van der Waals surface area (Å²) >= 11 is 1.50. The van der Waals surface area contributed by atoms with Gasteiger partial charge >= 0.3 is 0 Å². The van der Waals surface area contributed by atoms with Crippen molar-refractivity contribution in [2.75, 3.05) is 5.73 Å². The van der Waals surface area contributed by atoms with Crippen molar-refractivity contribution in [3.8, 4) is 0 Å². The summed E-state index contributed by atoms with van der Waals surface area (Å²) in [4.78, 5) is 8.21. The van der Waals surface area contributed by atoms with E-state index < -0.39 is 0 Å². The summed E-state index contributed by atoms with van der Waals surface area (Å²) < 4.78 is 0. The van der Waals surface area contributed by atoms with Gasteiger partial charge in [0.05, 0.1) is 5.69 Å². The molecule has 1 atom stereocenters. The van der Waals surface area contributed by atoms with Gasteiger partial charge in [0.2, 0.25) is 0 Å². The Balaban J connectivity index is 2.23. The van der Waals surface area contributed by atoms with Crippen LogP contribution in [-0.2, 0) is 12.8 Å². The molecule has 0 aliphatic heterocycles. The number of fused-ring (bicyclic) bond motifs is 1. The van der Waals surface area contributed by atoms with E-state index in [-0.39, 0.29) is 6.04 Å². The van der Waals surface area contributed by atoms with Crippen molar-refractivity contribution in [3.63, 3.8) is 0 Å². The standard InChI is InChI=1S/C7H9N5S/c8-7-10-5-2-1-4(11-12-9)3-6(5)13-7/h4H,1-3H2,(H2,8,10). The first-order chi connectivity index (χ1) is 6.29. The minimum atomic E-state index is 0.0948. The van der Waals surface area contributed by atoms with Crippen LogP contribution in [0.4, 0.5) is 5.13 Å². The van der Waals surface area contributed by atoms with E-state index in [0.29, 0.717) is 5.13 Å². The van der Waals surface area contributed by atoms with E-state index in [2.05, 4.69) is 15.0 Å². The molecule has 0 bridgehead atoms. The Bertz CT molecular complexity index is 365. The van der Waals surface area contributed by atoms with Crippen LogP contribution in [0.1, 0.15) is 17.0 Å². The number of hydrogen-bond acceptors (Lipinski definition) is 4. The zero-order chi connectivity index (χ0) is 9.26. The molecule has 1 aromatic rings. The van der Waals surface area contributed by atoms with Crippen LogP contribution in [0, 0.1) is 0 Å². The number of nitrogens with two attached hydrogens (primary N) is 1. The van der Waals surface area contributed by atoms with Crippen molar-refractivity contribution in [2.45, 2.75) is 25.3 Å². The number of nitrogens with zero attached hydrogens (tertiary/aromatic N) is 4. The molecular formula is C7H9N5S. The summed E-state index contributed by atoms with van der Waals surface area (Å²) in [5, 5.41) is 4.33. The molecule has 1 unspecified atom stereocenters. The van der Waals surface area contributed by atoms with Crippen LogP contribution in [-0.4, -0.2) is 11.0 Å². The number of anilines is 1. The summed E-state index contributed by atoms with van der Waals surface area (Å²) in [5.41, 5.74) is 15.0. The second-order valence-electron chi connectivity index (χ2n) is 3.02. The fraction of sp³-hybridized carbons (Fsp3) is 0.571. The second-order valence-corrected chi connectivity index (χ2v) is 4.14. The van der Waals surface area contributed by atoms with Crippen molar-refractivity contribution < 1.29 is 0 Å². The molecule has 0 saturated carbocycles. The molecule has 0 fully saturated rings. The van der Waals surface area contributed by atoms with Crippen LogP contribution < -0.4 is 5.73 Å². The van der Waals surface area contributed by atoms with Crippen LogP contribution in [0.5, 0.6) is 0 Å². The molecule has 0 saturated heterocycles. The first kappa shape index (κ1) is 8.34. The molecular weight excluding hydrogens is 186 g/mol. The van der Waals surface area contributed by atoms with Gasteiger partial charge in [-0.3, -0.25) is 0 Å². The number of aromatic nitrogens is 1. The van der Waals surface area contributed by atoms with Crippen LogP contribution in [0.15, 0.2) is 5.11 Å². The zero-order valence-electron chi connectivity index (χ0n) is 6.97. The third kappa shape index (κ3) is 1.59. The maximum absolute atomic E-state index is 8.29. The van der Waals surface area contributed by atoms with E-state index in [1.165, 1.54) is 16.2 Å². The number of aryl methyl sites for hydroxylation is 1. The van der Waals surface area contributed by atoms with Crippen molar-refractivity contribution in [1.29, 1.82) is 0 Å². The molecule has 1 heterocycles. The number of rotatable bonds is 1. The monoisotopic (exact) mass is 195 g/mol. The minimum Gasteiger partial charge on any atom is -0.375 e. The van der Waals surface area contributed by atoms with Gasteiger partial charge in [-0.2, -0.15) is 0 Å². The van der Waals surface area contributed by atoms with Crippen molar-refractivity contribution in [1.82, 2.24) is 4.98 Å². The van der Waals surface area contributed by atoms with Crippen LogP contribution in [0.25, 0.3) is 10.4 Å². The van der Waals surface area contributed by atoms with Gasteiger partial charge in [0.25, 0.3) is 0 Å². The van der Waals surface area contributed by atoms with Gasteiger partial charge in [0.15, 0.2) is 5.13 Å². The normalized spacial score (nSPS) is 20.5. The van der Waals surface area contributed by atoms with Crippen LogP contribution >= 0.6 is 11.3 Å². The molecule has 0 spiro atoms. The highest BCUT2D eigenvalue weighted by molar-refractivity contribution is 7.15. The Morgan fingerprint density at radius 1 is 1.69 bits per heavy atom. The van der Waals surface area contributed by atoms with Gasteiger partial charge in [-0.1, -0.05) is 5.11 Å². The summed E-state index contributed by atoms with van der Waals surface area (Å²) in [7, 11) is 0. The summed E-state index contributed by atoms with van der Waals surface area (Å²) in [6.07, 6.45) is 2.57. The molecule has 2 rings (SSSR count). The lowest BCUT2D eigenvalue weighted by atomic mass is 9.99. The van der Waals surface area contributed by atoms with E-state index in [9.17, 15) is 0 Å². The molecule has 2 N–H and O–H groups in total. The quantitative estimate of drug-likeness (QED) is 0.421. The van der Waals surface area contributed by atoms with Gasteiger partial charge in [-0.15, -0.1) is 11.3 Å². The average Bonchev–Trinajstić information content (AvgIpc) is 2.44. The predicted octanol–water partition coefficient (Wildman–Crippen LogP) is 1.89. The highest BCUT2D eigenvalue weighted by Crippen LogP contribution is 2.29. The van der Waals surface area contributed by atoms with Crippen molar-refractivity contribution in [2.24, 2.45) is 5.11 Å². The maximum atomic E-state index is 8.29. The van der Waals surface area contributed by atoms with Gasteiger partial charge in [0.1, 0.15) is 0 Å². The summed E-state index contributed by atoms with van der Waals surface area (Å²) in [5.74, 6) is 0. The molecule has 13 heavy (non-hydrogen) atoms. The number of nitrogen functional groups attached to an aromatic ring is 1. The number of thiazole rings is 1. The van der Waals surface area contributed by atoms with Crippen molar-refractivity contribution >= 4 is 16.5 Å². The van der Waals surface area contributed by atoms with Crippen molar-refractivity contribution in [3.05, 3.63) is 21.0 Å². The molecule has 0 aromatic carbocycles. The smallest absolute Gasteiger partial charge is 0.180 e. The minimum absolute atomic E-state index is 0.0948. The highest BCUT2D eigenvalue weighted by atomic mass is 32.1. The third-order valence-electron chi connectivity index (χ3n) is 2.15. The lowest BCUT2D eigenvalue weighted by Gasteiger charge is -2.15. The summed E-state index contributed by atoms with van der Waals surface area (Å²) in [6.45, 7) is 0. The largest absolute Gasteiger partial charge is 0.375 e. The molecule has 68 valence electrons. The van der Waals surface area contributed by atoms with Gasteiger partial charge < -0.3 is 5.73 Å². The highest BCUT2D eigenvalue weighted by Gasteiger charge is 2.20. The lowest BCUT2D eigenvalue weighted by Crippen LogP contribution is -2.15. The summed E-state index contributed by atoms with van der Waals surface area (Å²) in [6, 6.07) is 0.0948. The van der Waals surface area contributed by atoms with E-state index in [0.717, 1.165) is 25.0 Å². The lowest BCUT2D eigenvalue weighted by molar-refractivity contribution is 0.573. The maximum Gasteiger partial charge on any atom is 0.180 e. The Kier molecular flexibility index (Phi) is 2.08. The molecule has 5 nitrogen and oxygen atoms in total. The van der Waals surface area contributed by atoms with Gasteiger partial charge in [-0.05, 0) is 24.8 Å². The Labute approximate surface area is 79.2 Å². The van der Waals surface area contributed by atoms with Crippen LogP contribution in [0.2, 0.25) is 0 Å². The topological polar surface area (TPSA) is 87.7 Å². The second kappa shape index (κ2) is 3.24. The Morgan fingerprint density at radius 2 is 2.54 bits per heavy atom. The van der Waals surface area contributed by atoms with E-state index >= 15 is 0 Å². The number of azide groups is 1. The first-order valence-electron chi connectivity index (χ1n) is 4.08. The SMILES string of the molecule is [N-]=[N+]=NC1CCc2nc(N)sc2C1. The fourth-order valence-corrected chi connectivity index (χ4v) is 2.50. The Hall–Kier alpha value is -1.26. The average molecular weight is 195 g/mol. The van der Waals surface area contributed by atoms with Gasteiger partial charge in [0, 0.05) is 15.8 Å². The molecule has 1 aromatic heterocycles. The third-order valence-corrected chi connectivity index (χ3v) is 3.09. The first-order valence-corrected chi connectivity index (χ1v) is 4.89. The van der Waals surface area contributed by atoms with Crippen LogP contribution in [0.3, 0.4) is 0 Å². The Morgan fingerprint density at radius 3 is 3.31 bits per heavy atom.